The van der Waals surface area contributed by atoms with Crippen molar-refractivity contribution in [1.29, 1.82) is 0 Å². The lowest BCUT2D eigenvalue weighted by Crippen LogP contribution is -2.25. The molecule has 0 aliphatic carbocycles. The van der Waals surface area contributed by atoms with E-state index in [0.717, 1.165) is 75.1 Å². The molecule has 8 heteroatoms. The van der Waals surface area contributed by atoms with Gasteiger partial charge in [0.15, 0.2) is 0 Å². The average Bonchev–Trinajstić information content (AvgIpc) is 3.72. The Morgan fingerprint density at radius 1 is 0.875 bits per heavy atom. The first kappa shape index (κ1) is 24.4. The third kappa shape index (κ3) is 4.67. The Morgan fingerprint density at radius 2 is 1.77 bits per heavy atom. The molecular weight excluding hydrogens is 503 g/mol. The number of anilines is 1. The van der Waals surface area contributed by atoms with Crippen molar-refractivity contribution in [2.24, 2.45) is 0 Å². The van der Waals surface area contributed by atoms with Crippen LogP contribution < -0.4 is 10.5 Å². The van der Waals surface area contributed by atoms with E-state index in [1.165, 1.54) is 18.9 Å². The van der Waals surface area contributed by atoms with Gasteiger partial charge in [0.2, 0.25) is 0 Å². The molecule has 0 atom stereocenters. The molecule has 3 aromatic carbocycles. The number of nitrogens with one attached hydrogen (secondary N) is 2. The number of ether oxygens (including phenoxy) is 1. The Hall–Kier alpha value is -4.69. The van der Waals surface area contributed by atoms with E-state index in [-0.39, 0.29) is 5.82 Å². The maximum absolute atomic E-state index is 14.7. The first-order valence-electron chi connectivity index (χ1n) is 13.6. The fourth-order valence-corrected chi connectivity index (χ4v) is 5.65. The van der Waals surface area contributed by atoms with Gasteiger partial charge in [0.25, 0.3) is 0 Å². The second-order valence-electron chi connectivity index (χ2n) is 10.4. The van der Waals surface area contributed by atoms with Crippen molar-refractivity contribution in [1.82, 2.24) is 25.1 Å². The summed E-state index contributed by atoms with van der Waals surface area (Å²) in [4.78, 5) is 10.1. The number of nitrogen functional groups attached to an aromatic ring is 1. The summed E-state index contributed by atoms with van der Waals surface area (Å²) in [6, 6.07) is 21.1. The molecule has 40 heavy (non-hydrogen) atoms. The van der Waals surface area contributed by atoms with Gasteiger partial charge in [0.1, 0.15) is 23.9 Å². The molecule has 4 N–H and O–H groups in total. The van der Waals surface area contributed by atoms with Gasteiger partial charge in [-0.25, -0.2) is 4.39 Å². The first-order valence-corrected chi connectivity index (χ1v) is 13.6. The average molecular weight is 533 g/mol. The first-order chi connectivity index (χ1) is 19.6. The van der Waals surface area contributed by atoms with Gasteiger partial charge in [0, 0.05) is 46.9 Å². The number of likely N-dealkylation sites (tertiary alicyclic amines) is 1. The molecule has 4 heterocycles. The number of halogens is 1. The summed E-state index contributed by atoms with van der Waals surface area (Å²) >= 11 is 0. The zero-order valence-electron chi connectivity index (χ0n) is 22.0. The van der Waals surface area contributed by atoms with Gasteiger partial charge in [-0.15, -0.1) is 0 Å². The van der Waals surface area contributed by atoms with Crippen LogP contribution in [0.5, 0.6) is 5.75 Å². The van der Waals surface area contributed by atoms with Crippen molar-refractivity contribution in [3.8, 4) is 39.4 Å². The van der Waals surface area contributed by atoms with Gasteiger partial charge >= 0.3 is 0 Å². The summed E-state index contributed by atoms with van der Waals surface area (Å²) in [7, 11) is 0. The second-order valence-corrected chi connectivity index (χ2v) is 10.4. The molecule has 7 rings (SSSR count). The number of rotatable bonds is 7. The predicted molar refractivity (Wildman–Crippen MR) is 158 cm³/mol. The fourth-order valence-electron chi connectivity index (χ4n) is 5.65. The Morgan fingerprint density at radius 3 is 2.65 bits per heavy atom. The van der Waals surface area contributed by atoms with Crippen LogP contribution in [0.2, 0.25) is 0 Å². The van der Waals surface area contributed by atoms with E-state index < -0.39 is 0 Å². The Balaban J connectivity index is 1.23. The van der Waals surface area contributed by atoms with Gasteiger partial charge in [-0.3, -0.25) is 15.0 Å². The maximum atomic E-state index is 14.7. The number of aromatic nitrogens is 4. The molecule has 0 radical (unpaired) electrons. The van der Waals surface area contributed by atoms with Crippen LogP contribution in [0.3, 0.4) is 0 Å². The molecule has 0 spiro atoms. The third-order valence-electron chi connectivity index (χ3n) is 7.63. The standard InChI is InChI=1S/C32H29FN6O/c33-23-12-21(14-25(16-23)40-11-10-39-8-1-2-9-39)26-4-3-5-29-27(26)17-31(36-29)32-28-15-20(6-7-30(28)37-38-32)22-13-24(34)19-35-18-22/h3-7,12-19,36H,1-2,8-11,34H2,(H,37,38). The maximum Gasteiger partial charge on any atom is 0.127 e. The summed E-state index contributed by atoms with van der Waals surface area (Å²) < 4.78 is 20.7. The highest BCUT2D eigenvalue weighted by atomic mass is 19.1. The molecule has 0 saturated carbocycles. The smallest absolute Gasteiger partial charge is 0.127 e. The van der Waals surface area contributed by atoms with E-state index in [0.29, 0.717) is 18.0 Å². The van der Waals surface area contributed by atoms with E-state index in [4.69, 9.17) is 10.5 Å². The van der Waals surface area contributed by atoms with Crippen LogP contribution in [0.4, 0.5) is 10.1 Å². The number of aromatic amines is 2. The Kier molecular flexibility index (Phi) is 6.17. The van der Waals surface area contributed by atoms with E-state index in [1.807, 2.05) is 42.5 Å². The van der Waals surface area contributed by atoms with E-state index in [9.17, 15) is 4.39 Å². The molecule has 1 aliphatic rings. The van der Waals surface area contributed by atoms with Gasteiger partial charge in [0.05, 0.1) is 16.9 Å². The molecule has 0 bridgehead atoms. The fraction of sp³-hybridized carbons (Fsp3) is 0.188. The molecule has 1 saturated heterocycles. The molecule has 200 valence electrons. The van der Waals surface area contributed by atoms with E-state index in [1.54, 1.807) is 18.5 Å². The largest absolute Gasteiger partial charge is 0.492 e. The number of fused-ring (bicyclic) bond motifs is 2. The lowest BCUT2D eigenvalue weighted by atomic mass is 10.0. The lowest BCUT2D eigenvalue weighted by molar-refractivity contribution is 0.237. The highest BCUT2D eigenvalue weighted by Crippen LogP contribution is 2.36. The quantitative estimate of drug-likeness (QED) is 0.214. The number of nitrogens with two attached hydrogens (primary N) is 1. The summed E-state index contributed by atoms with van der Waals surface area (Å²) in [5.74, 6) is 0.229. The topological polar surface area (TPSA) is 95.8 Å². The van der Waals surface area contributed by atoms with Crippen LogP contribution >= 0.6 is 0 Å². The normalized spacial score (nSPS) is 13.9. The molecule has 7 nitrogen and oxygen atoms in total. The van der Waals surface area contributed by atoms with Crippen molar-refractivity contribution < 1.29 is 9.13 Å². The number of hydrogen-bond acceptors (Lipinski definition) is 5. The lowest BCUT2D eigenvalue weighted by Gasteiger charge is -2.15. The zero-order chi connectivity index (χ0) is 27.1. The number of pyridine rings is 1. The van der Waals surface area contributed by atoms with Crippen LogP contribution in [-0.4, -0.2) is 51.3 Å². The van der Waals surface area contributed by atoms with Gasteiger partial charge in [-0.05, 0) is 85.1 Å². The molecule has 1 fully saturated rings. The van der Waals surface area contributed by atoms with E-state index >= 15 is 0 Å². The Labute approximate surface area is 230 Å². The second kappa shape index (κ2) is 10.1. The SMILES string of the molecule is Nc1cncc(-c2ccc3[nH]nc(-c4cc5c(-c6cc(F)cc(OCCN7CCCC7)c6)cccc5[nH]4)c3c2)c1. The number of nitrogens with zero attached hydrogens (tertiary/aromatic N) is 3. The highest BCUT2D eigenvalue weighted by molar-refractivity contribution is 6.02. The molecule has 0 amide bonds. The molecule has 3 aromatic heterocycles. The highest BCUT2D eigenvalue weighted by Gasteiger charge is 2.16. The van der Waals surface area contributed by atoms with Crippen molar-refractivity contribution >= 4 is 27.5 Å². The summed E-state index contributed by atoms with van der Waals surface area (Å²) in [6.45, 7) is 3.62. The number of hydrogen-bond donors (Lipinski definition) is 3. The van der Waals surface area contributed by atoms with Crippen LogP contribution in [0.15, 0.2) is 79.1 Å². The minimum Gasteiger partial charge on any atom is -0.492 e. The van der Waals surface area contributed by atoms with Crippen LogP contribution in [0.25, 0.3) is 55.4 Å². The summed E-state index contributed by atoms with van der Waals surface area (Å²) in [6.07, 6.45) is 5.91. The van der Waals surface area contributed by atoms with Gasteiger partial charge in [-0.1, -0.05) is 18.2 Å². The molecule has 0 unspecified atom stereocenters. The van der Waals surface area contributed by atoms with Crippen LogP contribution in [-0.2, 0) is 0 Å². The minimum atomic E-state index is -0.316. The van der Waals surface area contributed by atoms with E-state index in [2.05, 4.69) is 37.2 Å². The van der Waals surface area contributed by atoms with Crippen LogP contribution in [0.1, 0.15) is 12.8 Å². The Bertz CT molecular complexity index is 1830. The summed E-state index contributed by atoms with van der Waals surface area (Å²) in [5.41, 5.74) is 13.8. The third-order valence-corrected chi connectivity index (χ3v) is 7.63. The molecule has 6 aromatic rings. The molecular formula is C32H29FN6O. The molecule has 1 aliphatic heterocycles. The minimum absolute atomic E-state index is 0.316. The number of benzene rings is 3. The van der Waals surface area contributed by atoms with Crippen LogP contribution in [0, 0.1) is 5.82 Å². The van der Waals surface area contributed by atoms with Crippen molar-refractivity contribution in [2.75, 3.05) is 32.0 Å². The monoisotopic (exact) mass is 532 g/mol. The van der Waals surface area contributed by atoms with Gasteiger partial charge < -0.3 is 15.5 Å². The zero-order valence-corrected chi connectivity index (χ0v) is 22.0. The van der Waals surface area contributed by atoms with Crippen molar-refractivity contribution in [3.63, 3.8) is 0 Å². The summed E-state index contributed by atoms with van der Waals surface area (Å²) in [5, 5.41) is 9.74. The predicted octanol–water partition coefficient (Wildman–Crippen LogP) is 6.64. The number of H-pyrrole nitrogens is 2. The van der Waals surface area contributed by atoms with Crippen molar-refractivity contribution in [2.45, 2.75) is 12.8 Å². The van der Waals surface area contributed by atoms with Gasteiger partial charge in [-0.2, -0.15) is 5.10 Å². The van der Waals surface area contributed by atoms with Crippen molar-refractivity contribution in [3.05, 3.63) is 84.9 Å².